The number of benzene rings is 1. The van der Waals surface area contributed by atoms with Crippen LogP contribution in [0.15, 0.2) is 29.1 Å². The van der Waals surface area contributed by atoms with Crippen LogP contribution in [0, 0.1) is 11.3 Å². The van der Waals surface area contributed by atoms with Crippen molar-refractivity contribution >= 4 is 39.0 Å². The van der Waals surface area contributed by atoms with E-state index in [0.29, 0.717) is 21.3 Å². The van der Waals surface area contributed by atoms with Crippen molar-refractivity contribution in [1.29, 1.82) is 5.26 Å². The fourth-order valence-electron chi connectivity index (χ4n) is 3.58. The number of carbonyl (C=O) groups excluding carboxylic acids is 2. The monoisotopic (exact) mass is 422 g/mol. The molecule has 4 rings (SSSR count). The van der Waals surface area contributed by atoms with Crippen molar-refractivity contribution in [2.45, 2.75) is 32.1 Å². The van der Waals surface area contributed by atoms with E-state index < -0.39 is 24.0 Å². The largest absolute Gasteiger partial charge is 0.451 e. The average Bonchev–Trinajstić information content (AvgIpc) is 2.91. The molecule has 8 nitrogen and oxygen atoms in total. The van der Waals surface area contributed by atoms with E-state index in [1.807, 2.05) is 0 Å². The molecule has 0 bridgehead atoms. The van der Waals surface area contributed by atoms with Crippen molar-refractivity contribution in [1.82, 2.24) is 10.2 Å². The Labute approximate surface area is 175 Å². The number of nitrogens with one attached hydrogen (secondary N) is 2. The number of hydrogen-bond acceptors (Lipinski definition) is 7. The lowest BCUT2D eigenvalue weighted by atomic mass is 10.1. The van der Waals surface area contributed by atoms with Crippen molar-refractivity contribution in [2.24, 2.45) is 0 Å². The van der Waals surface area contributed by atoms with Gasteiger partial charge in [0, 0.05) is 10.3 Å². The summed E-state index contributed by atoms with van der Waals surface area (Å²) < 4.78 is 5.09. The molecule has 2 aromatic heterocycles. The Balaban J connectivity index is 1.46. The fourth-order valence-corrected chi connectivity index (χ4v) is 4.84. The van der Waals surface area contributed by atoms with Gasteiger partial charge in [0.05, 0.1) is 10.9 Å². The van der Waals surface area contributed by atoms with Crippen LogP contribution in [0.2, 0.25) is 0 Å². The number of hydrogen-bond donors (Lipinski definition) is 2. The van der Waals surface area contributed by atoms with Crippen LogP contribution in [0.4, 0.5) is 5.00 Å². The molecule has 152 valence electrons. The van der Waals surface area contributed by atoms with Crippen LogP contribution >= 0.6 is 11.3 Å². The third-order valence-corrected chi connectivity index (χ3v) is 6.22. The number of fused-ring (bicyclic) bond motifs is 2. The summed E-state index contributed by atoms with van der Waals surface area (Å²) in [6.07, 6.45) is 4.99. The first-order valence-electron chi connectivity index (χ1n) is 9.57. The molecule has 2 N–H and O–H groups in total. The number of carbonyl (C=O) groups is 2. The van der Waals surface area contributed by atoms with Gasteiger partial charge in [-0.05, 0) is 37.3 Å². The van der Waals surface area contributed by atoms with Gasteiger partial charge in [-0.3, -0.25) is 9.59 Å². The zero-order valence-electron chi connectivity index (χ0n) is 16.0. The third kappa shape index (κ3) is 3.82. The lowest BCUT2D eigenvalue weighted by Crippen LogP contribution is -2.22. The maximum Gasteiger partial charge on any atom is 0.359 e. The standard InChI is InChI=1S/C21H18N4O4S/c22-10-15-12-6-2-1-3-9-16(12)30-20(15)23-17(26)11-29-21(28)18-13-7-4-5-8-14(13)19(27)25-24-18/h4-5,7-8H,1-3,6,9,11H2,(H,23,26)(H,25,27). The molecule has 0 aliphatic heterocycles. The van der Waals surface area contributed by atoms with Crippen LogP contribution in [0.25, 0.3) is 10.8 Å². The predicted octanol–water partition coefficient (Wildman–Crippen LogP) is 2.92. The Morgan fingerprint density at radius 1 is 1.20 bits per heavy atom. The van der Waals surface area contributed by atoms with E-state index in [-0.39, 0.29) is 5.69 Å². The first-order valence-corrected chi connectivity index (χ1v) is 10.4. The van der Waals surface area contributed by atoms with Crippen molar-refractivity contribution in [3.8, 4) is 6.07 Å². The van der Waals surface area contributed by atoms with Gasteiger partial charge < -0.3 is 10.1 Å². The number of aromatic nitrogens is 2. The van der Waals surface area contributed by atoms with Crippen LogP contribution < -0.4 is 10.9 Å². The molecule has 0 fully saturated rings. The number of aromatic amines is 1. The lowest BCUT2D eigenvalue weighted by Gasteiger charge is -2.07. The first-order chi connectivity index (χ1) is 14.6. The molecular weight excluding hydrogens is 404 g/mol. The molecule has 0 atom stereocenters. The second kappa shape index (κ2) is 8.47. The summed E-state index contributed by atoms with van der Waals surface area (Å²) in [4.78, 5) is 37.7. The zero-order chi connectivity index (χ0) is 21.1. The van der Waals surface area contributed by atoms with Crippen molar-refractivity contribution < 1.29 is 14.3 Å². The number of anilines is 1. The lowest BCUT2D eigenvalue weighted by molar-refractivity contribution is -0.119. The van der Waals surface area contributed by atoms with Gasteiger partial charge in [0.25, 0.3) is 11.5 Å². The van der Waals surface area contributed by atoms with Gasteiger partial charge >= 0.3 is 5.97 Å². The zero-order valence-corrected chi connectivity index (χ0v) is 16.8. The van der Waals surface area contributed by atoms with Gasteiger partial charge in [-0.15, -0.1) is 11.3 Å². The quantitative estimate of drug-likeness (QED) is 0.492. The molecule has 1 aliphatic rings. The number of nitrogens with zero attached hydrogens (tertiary/aromatic N) is 2. The van der Waals surface area contributed by atoms with Crippen molar-refractivity contribution in [3.05, 3.63) is 56.3 Å². The molecule has 1 amide bonds. The molecule has 30 heavy (non-hydrogen) atoms. The molecule has 0 saturated carbocycles. The highest BCUT2D eigenvalue weighted by Crippen LogP contribution is 2.36. The van der Waals surface area contributed by atoms with Gasteiger partial charge in [-0.2, -0.15) is 10.4 Å². The van der Waals surface area contributed by atoms with E-state index in [4.69, 9.17) is 4.74 Å². The Hall–Kier alpha value is -3.51. The number of ether oxygens (including phenoxy) is 1. The number of amides is 1. The summed E-state index contributed by atoms with van der Waals surface area (Å²) in [5.41, 5.74) is 1.04. The molecule has 2 heterocycles. The summed E-state index contributed by atoms with van der Waals surface area (Å²) in [7, 11) is 0. The van der Waals surface area contributed by atoms with Crippen LogP contribution in [0.1, 0.15) is 45.8 Å². The molecule has 0 spiro atoms. The predicted molar refractivity (Wildman–Crippen MR) is 112 cm³/mol. The molecule has 3 aromatic rings. The van der Waals surface area contributed by atoms with E-state index >= 15 is 0 Å². The van der Waals surface area contributed by atoms with Gasteiger partial charge in [-0.25, -0.2) is 9.89 Å². The first kappa shape index (κ1) is 19.8. The maximum atomic E-state index is 12.4. The Morgan fingerprint density at radius 2 is 1.97 bits per heavy atom. The van der Waals surface area contributed by atoms with Crippen LogP contribution in [-0.4, -0.2) is 28.7 Å². The Bertz CT molecular complexity index is 1240. The fraction of sp³-hybridized carbons (Fsp3) is 0.286. The van der Waals surface area contributed by atoms with Crippen molar-refractivity contribution in [2.75, 3.05) is 11.9 Å². The van der Waals surface area contributed by atoms with Gasteiger partial charge in [0.15, 0.2) is 12.3 Å². The van der Waals surface area contributed by atoms with Gasteiger partial charge in [0.2, 0.25) is 0 Å². The van der Waals surface area contributed by atoms with E-state index in [1.165, 1.54) is 11.3 Å². The van der Waals surface area contributed by atoms with E-state index in [9.17, 15) is 19.6 Å². The highest BCUT2D eigenvalue weighted by atomic mass is 32.1. The van der Waals surface area contributed by atoms with Crippen LogP contribution in [0.3, 0.4) is 0 Å². The van der Waals surface area contributed by atoms with E-state index in [2.05, 4.69) is 21.6 Å². The number of rotatable bonds is 4. The van der Waals surface area contributed by atoms with E-state index in [1.54, 1.807) is 24.3 Å². The van der Waals surface area contributed by atoms with Gasteiger partial charge in [-0.1, -0.05) is 24.6 Å². The molecule has 9 heteroatoms. The Morgan fingerprint density at radius 3 is 2.77 bits per heavy atom. The van der Waals surface area contributed by atoms with Crippen LogP contribution in [0.5, 0.6) is 0 Å². The molecule has 0 saturated heterocycles. The van der Waals surface area contributed by atoms with Crippen LogP contribution in [-0.2, 0) is 22.4 Å². The third-order valence-electron chi connectivity index (χ3n) is 5.01. The highest BCUT2D eigenvalue weighted by molar-refractivity contribution is 7.16. The summed E-state index contributed by atoms with van der Waals surface area (Å²) in [6.45, 7) is -0.526. The smallest absolute Gasteiger partial charge is 0.359 e. The minimum absolute atomic E-state index is 0.0708. The van der Waals surface area contributed by atoms with Crippen molar-refractivity contribution in [3.63, 3.8) is 0 Å². The summed E-state index contributed by atoms with van der Waals surface area (Å²) in [5.74, 6) is -1.36. The number of thiophene rings is 1. The number of aryl methyl sites for hydroxylation is 1. The number of nitriles is 1. The molecule has 0 radical (unpaired) electrons. The minimum Gasteiger partial charge on any atom is -0.451 e. The minimum atomic E-state index is -0.819. The number of H-pyrrole nitrogens is 1. The second-order valence-electron chi connectivity index (χ2n) is 6.95. The molecule has 1 aromatic carbocycles. The summed E-state index contributed by atoms with van der Waals surface area (Å²) >= 11 is 1.42. The summed E-state index contributed by atoms with van der Waals surface area (Å²) in [6, 6.07) is 8.71. The summed E-state index contributed by atoms with van der Waals surface area (Å²) in [5, 5.41) is 19.4. The maximum absolute atomic E-state index is 12.4. The normalized spacial score (nSPS) is 13.2. The second-order valence-corrected chi connectivity index (χ2v) is 8.06. The number of esters is 1. The molecule has 1 aliphatic carbocycles. The van der Waals surface area contributed by atoms with E-state index in [0.717, 1.165) is 42.5 Å². The highest BCUT2D eigenvalue weighted by Gasteiger charge is 2.22. The SMILES string of the molecule is N#Cc1c(NC(=O)COC(=O)c2n[nH]c(=O)c3ccccc23)sc2c1CCCCC2. The molecule has 0 unspecified atom stereocenters. The Kier molecular flexibility index (Phi) is 5.59. The van der Waals surface area contributed by atoms with Gasteiger partial charge in [0.1, 0.15) is 11.1 Å². The average molecular weight is 422 g/mol. The topological polar surface area (TPSA) is 125 Å². The molecular formula is C21H18N4O4S.